The number of hydrogen-bond acceptors (Lipinski definition) is 4. The molecule has 8 heteroatoms. The molecule has 1 aliphatic heterocycles. The van der Waals surface area contributed by atoms with Crippen molar-refractivity contribution in [3.8, 4) is 5.75 Å². The quantitative estimate of drug-likeness (QED) is 0.799. The minimum Gasteiger partial charge on any atom is -0.494 e. The van der Waals surface area contributed by atoms with Crippen LogP contribution in [0.1, 0.15) is 19.8 Å². The van der Waals surface area contributed by atoms with Gasteiger partial charge in [-0.25, -0.2) is 12.8 Å². The maximum absolute atomic E-state index is 13.1. The fourth-order valence-corrected chi connectivity index (χ4v) is 4.70. The predicted molar refractivity (Wildman–Crippen MR) is 104 cm³/mol. The van der Waals surface area contributed by atoms with Crippen molar-refractivity contribution < 1.29 is 22.3 Å². The molecule has 0 bridgehead atoms. The molecule has 1 saturated heterocycles. The minimum absolute atomic E-state index is 0.0291. The van der Waals surface area contributed by atoms with Crippen molar-refractivity contribution in [2.24, 2.45) is 5.92 Å². The lowest BCUT2D eigenvalue weighted by molar-refractivity contribution is -0.120. The summed E-state index contributed by atoms with van der Waals surface area (Å²) in [5.41, 5.74) is 0.631. The van der Waals surface area contributed by atoms with E-state index in [1.807, 2.05) is 6.92 Å². The standard InChI is InChI=1S/C20H23FN2O4S/c1-2-27-18-9-7-17(8-10-18)22-20(24)15-4-3-13-23(14-15)28(25,26)19-11-5-16(21)6-12-19/h5-12,15H,2-4,13-14H2,1H3,(H,22,24)/t15-/m1/s1. The van der Waals surface area contributed by atoms with Crippen molar-refractivity contribution in [3.05, 3.63) is 54.3 Å². The molecule has 2 aromatic carbocycles. The second kappa shape index (κ2) is 8.70. The van der Waals surface area contributed by atoms with Gasteiger partial charge in [-0.2, -0.15) is 4.31 Å². The zero-order valence-electron chi connectivity index (χ0n) is 15.6. The molecule has 1 amide bonds. The predicted octanol–water partition coefficient (Wildman–Crippen LogP) is 3.26. The smallest absolute Gasteiger partial charge is 0.243 e. The maximum Gasteiger partial charge on any atom is 0.243 e. The molecule has 0 spiro atoms. The molecule has 3 rings (SSSR count). The minimum atomic E-state index is -3.76. The van der Waals surface area contributed by atoms with E-state index in [4.69, 9.17) is 4.74 Å². The van der Waals surface area contributed by atoms with Gasteiger partial charge in [-0.15, -0.1) is 0 Å². The van der Waals surface area contributed by atoms with Crippen LogP contribution >= 0.6 is 0 Å². The summed E-state index contributed by atoms with van der Waals surface area (Å²) >= 11 is 0. The lowest BCUT2D eigenvalue weighted by atomic mass is 9.99. The second-order valence-corrected chi connectivity index (χ2v) is 8.54. The molecule has 0 unspecified atom stereocenters. The Morgan fingerprint density at radius 2 is 1.86 bits per heavy atom. The normalized spacial score (nSPS) is 17.9. The van der Waals surface area contributed by atoms with Gasteiger partial charge in [-0.1, -0.05) is 0 Å². The van der Waals surface area contributed by atoms with Gasteiger partial charge in [-0.05, 0) is 68.3 Å². The monoisotopic (exact) mass is 406 g/mol. The van der Waals surface area contributed by atoms with E-state index < -0.39 is 21.8 Å². The van der Waals surface area contributed by atoms with E-state index >= 15 is 0 Å². The summed E-state index contributed by atoms with van der Waals surface area (Å²) in [6, 6.07) is 11.8. The molecule has 0 radical (unpaired) electrons. The first-order chi connectivity index (χ1) is 13.4. The fourth-order valence-electron chi connectivity index (χ4n) is 3.18. The van der Waals surface area contributed by atoms with Crippen molar-refractivity contribution >= 4 is 21.6 Å². The number of halogens is 1. The first kappa shape index (κ1) is 20.3. The number of sulfonamides is 1. The van der Waals surface area contributed by atoms with E-state index in [1.54, 1.807) is 24.3 Å². The number of carbonyl (C=O) groups excluding carboxylic acids is 1. The average molecular weight is 406 g/mol. The SMILES string of the molecule is CCOc1ccc(NC(=O)[C@@H]2CCCN(S(=O)(=O)c3ccc(F)cc3)C2)cc1. The second-order valence-electron chi connectivity index (χ2n) is 6.60. The number of carbonyl (C=O) groups is 1. The molecule has 6 nitrogen and oxygen atoms in total. The van der Waals surface area contributed by atoms with E-state index in [0.717, 1.165) is 17.9 Å². The van der Waals surface area contributed by atoms with Crippen LogP contribution in [0.25, 0.3) is 0 Å². The summed E-state index contributed by atoms with van der Waals surface area (Å²) < 4.78 is 45.3. The molecule has 1 fully saturated rings. The van der Waals surface area contributed by atoms with Crippen LogP contribution in [0, 0.1) is 11.7 Å². The number of nitrogens with zero attached hydrogens (tertiary/aromatic N) is 1. The topological polar surface area (TPSA) is 75.7 Å². The summed E-state index contributed by atoms with van der Waals surface area (Å²) in [6.45, 7) is 2.89. The van der Waals surface area contributed by atoms with E-state index in [2.05, 4.69) is 5.32 Å². The molecular formula is C20H23FN2O4S. The molecule has 2 aromatic rings. The van der Waals surface area contributed by atoms with Gasteiger partial charge in [0.15, 0.2) is 0 Å². The summed E-state index contributed by atoms with van der Waals surface area (Å²) in [7, 11) is -3.76. The number of anilines is 1. The number of amides is 1. The lowest BCUT2D eigenvalue weighted by Crippen LogP contribution is -2.43. The number of benzene rings is 2. The highest BCUT2D eigenvalue weighted by Crippen LogP contribution is 2.25. The van der Waals surface area contributed by atoms with Crippen LogP contribution < -0.4 is 10.1 Å². The Hall–Kier alpha value is -2.45. The highest BCUT2D eigenvalue weighted by Gasteiger charge is 2.33. The molecule has 1 atom stereocenters. The van der Waals surface area contributed by atoms with Gasteiger partial charge in [0.2, 0.25) is 15.9 Å². The average Bonchev–Trinajstić information content (AvgIpc) is 2.70. The van der Waals surface area contributed by atoms with E-state index in [0.29, 0.717) is 31.7 Å². The van der Waals surface area contributed by atoms with Gasteiger partial charge in [-0.3, -0.25) is 4.79 Å². The molecule has 1 aliphatic rings. The van der Waals surface area contributed by atoms with Crippen LogP contribution in [0.15, 0.2) is 53.4 Å². The van der Waals surface area contributed by atoms with Crippen LogP contribution in [0.2, 0.25) is 0 Å². The van der Waals surface area contributed by atoms with Crippen LogP contribution in [0.5, 0.6) is 5.75 Å². The number of nitrogens with one attached hydrogen (secondary N) is 1. The summed E-state index contributed by atoms with van der Waals surface area (Å²) in [5, 5.41) is 2.83. The Kier molecular flexibility index (Phi) is 6.31. The molecule has 150 valence electrons. The third-order valence-electron chi connectivity index (χ3n) is 4.64. The number of ether oxygens (including phenoxy) is 1. The molecule has 28 heavy (non-hydrogen) atoms. The lowest BCUT2D eigenvalue weighted by Gasteiger charge is -2.31. The molecule has 1 heterocycles. The Balaban J connectivity index is 1.66. The van der Waals surface area contributed by atoms with Gasteiger partial charge >= 0.3 is 0 Å². The molecule has 0 aromatic heterocycles. The van der Waals surface area contributed by atoms with Crippen molar-refractivity contribution in [1.82, 2.24) is 4.31 Å². The zero-order chi connectivity index (χ0) is 20.1. The Morgan fingerprint density at radius 3 is 2.50 bits per heavy atom. The number of hydrogen-bond donors (Lipinski definition) is 1. The fraction of sp³-hybridized carbons (Fsp3) is 0.350. The highest BCUT2D eigenvalue weighted by atomic mass is 32.2. The largest absolute Gasteiger partial charge is 0.494 e. The van der Waals surface area contributed by atoms with Gasteiger partial charge in [0.1, 0.15) is 11.6 Å². The molecular weight excluding hydrogens is 383 g/mol. The van der Waals surface area contributed by atoms with Gasteiger partial charge < -0.3 is 10.1 Å². The van der Waals surface area contributed by atoms with Crippen molar-refractivity contribution in [2.75, 3.05) is 25.0 Å². The Labute approximate surface area is 164 Å². The first-order valence-corrected chi connectivity index (χ1v) is 10.6. The maximum atomic E-state index is 13.1. The van der Waals surface area contributed by atoms with E-state index in [-0.39, 0.29) is 17.3 Å². The number of piperidine rings is 1. The Morgan fingerprint density at radius 1 is 1.18 bits per heavy atom. The van der Waals surface area contributed by atoms with E-state index in [1.165, 1.54) is 16.4 Å². The summed E-state index contributed by atoms with van der Waals surface area (Å²) in [5.74, 6) is -0.446. The van der Waals surface area contributed by atoms with Crippen LogP contribution in [0.4, 0.5) is 10.1 Å². The molecule has 0 aliphatic carbocycles. The third kappa shape index (κ3) is 4.69. The van der Waals surface area contributed by atoms with Crippen molar-refractivity contribution in [2.45, 2.75) is 24.7 Å². The first-order valence-electron chi connectivity index (χ1n) is 9.19. The summed E-state index contributed by atoms with van der Waals surface area (Å²) in [4.78, 5) is 12.6. The van der Waals surface area contributed by atoms with Crippen molar-refractivity contribution in [1.29, 1.82) is 0 Å². The Bertz CT molecular complexity index is 914. The number of rotatable bonds is 6. The van der Waals surface area contributed by atoms with E-state index in [9.17, 15) is 17.6 Å². The molecule has 0 saturated carbocycles. The van der Waals surface area contributed by atoms with Crippen LogP contribution in [0.3, 0.4) is 0 Å². The van der Waals surface area contributed by atoms with Gasteiger partial charge in [0.25, 0.3) is 0 Å². The van der Waals surface area contributed by atoms with Gasteiger partial charge in [0, 0.05) is 18.8 Å². The van der Waals surface area contributed by atoms with Crippen LogP contribution in [-0.2, 0) is 14.8 Å². The van der Waals surface area contributed by atoms with Gasteiger partial charge in [0.05, 0.1) is 17.4 Å². The third-order valence-corrected chi connectivity index (χ3v) is 6.52. The van der Waals surface area contributed by atoms with Crippen molar-refractivity contribution in [3.63, 3.8) is 0 Å². The molecule has 1 N–H and O–H groups in total. The highest BCUT2D eigenvalue weighted by molar-refractivity contribution is 7.89. The van der Waals surface area contributed by atoms with Crippen LogP contribution in [-0.4, -0.2) is 38.3 Å². The summed E-state index contributed by atoms with van der Waals surface area (Å²) in [6.07, 6.45) is 1.19. The zero-order valence-corrected chi connectivity index (χ0v) is 16.4.